The summed E-state index contributed by atoms with van der Waals surface area (Å²) < 4.78 is 31.9. The van der Waals surface area contributed by atoms with Gasteiger partial charge in [-0.3, -0.25) is 4.99 Å². The van der Waals surface area contributed by atoms with Crippen LogP contribution in [-0.4, -0.2) is 86.8 Å². The Labute approximate surface area is 179 Å². The Kier molecular flexibility index (Phi) is 9.81. The van der Waals surface area contributed by atoms with Crippen LogP contribution in [-0.2, 0) is 21.2 Å². The summed E-state index contributed by atoms with van der Waals surface area (Å²) in [6, 6.07) is 0. The average Bonchev–Trinajstić information content (AvgIpc) is 3.09. The fraction of sp³-hybridized carbons (Fsp3) is 0.789. The number of thiazole rings is 1. The number of aliphatic imine (C=N–C) groups is 1. The average molecular weight is 446 g/mol. The SMILES string of the molecule is CN=C(NCCCCc1nc(C)cs1)N1CCN(S(=O)(=O)CCOC(C)C)CC1. The van der Waals surface area contributed by atoms with E-state index in [-0.39, 0.29) is 18.5 Å². The number of guanidine groups is 1. The molecule has 8 nitrogen and oxygen atoms in total. The molecule has 0 spiro atoms. The van der Waals surface area contributed by atoms with E-state index in [0.29, 0.717) is 26.2 Å². The number of piperazine rings is 1. The van der Waals surface area contributed by atoms with E-state index < -0.39 is 10.0 Å². The van der Waals surface area contributed by atoms with Crippen molar-refractivity contribution in [1.29, 1.82) is 0 Å². The largest absolute Gasteiger partial charge is 0.378 e. The van der Waals surface area contributed by atoms with Crippen molar-refractivity contribution in [1.82, 2.24) is 19.5 Å². The van der Waals surface area contributed by atoms with Gasteiger partial charge in [0.15, 0.2) is 5.96 Å². The molecule has 0 radical (unpaired) electrons. The van der Waals surface area contributed by atoms with Crippen molar-refractivity contribution in [3.8, 4) is 0 Å². The second-order valence-electron chi connectivity index (χ2n) is 7.44. The van der Waals surface area contributed by atoms with Crippen molar-refractivity contribution in [2.45, 2.75) is 46.1 Å². The van der Waals surface area contributed by atoms with E-state index in [1.54, 1.807) is 22.7 Å². The van der Waals surface area contributed by atoms with Gasteiger partial charge >= 0.3 is 0 Å². The first-order valence-electron chi connectivity index (χ1n) is 10.3. The minimum absolute atomic E-state index is 0.0385. The molecule has 29 heavy (non-hydrogen) atoms. The van der Waals surface area contributed by atoms with Crippen molar-refractivity contribution in [3.05, 3.63) is 16.1 Å². The van der Waals surface area contributed by atoms with Gasteiger partial charge in [0.25, 0.3) is 0 Å². The fourth-order valence-corrected chi connectivity index (χ4v) is 5.25. The minimum atomic E-state index is -3.27. The van der Waals surface area contributed by atoms with Crippen molar-refractivity contribution < 1.29 is 13.2 Å². The van der Waals surface area contributed by atoms with Gasteiger partial charge in [0, 0.05) is 50.8 Å². The number of ether oxygens (including phenoxy) is 1. The van der Waals surface area contributed by atoms with Crippen molar-refractivity contribution in [2.24, 2.45) is 4.99 Å². The lowest BCUT2D eigenvalue weighted by Crippen LogP contribution is -2.54. The summed E-state index contributed by atoms with van der Waals surface area (Å²) in [5.74, 6) is 0.881. The molecule has 0 amide bonds. The van der Waals surface area contributed by atoms with Crippen LogP contribution in [0.15, 0.2) is 10.4 Å². The highest BCUT2D eigenvalue weighted by Crippen LogP contribution is 2.12. The van der Waals surface area contributed by atoms with Crippen molar-refractivity contribution >= 4 is 27.3 Å². The van der Waals surface area contributed by atoms with Gasteiger partial charge in [0.05, 0.1) is 23.5 Å². The summed E-state index contributed by atoms with van der Waals surface area (Å²) in [5.41, 5.74) is 1.09. The number of rotatable bonds is 10. The van der Waals surface area contributed by atoms with Gasteiger partial charge in [-0.25, -0.2) is 13.4 Å². The molecule has 1 aromatic heterocycles. The molecule has 1 aromatic rings. The smallest absolute Gasteiger partial charge is 0.216 e. The third-order valence-corrected chi connectivity index (χ3v) is 7.56. The number of aromatic nitrogens is 1. The maximum Gasteiger partial charge on any atom is 0.216 e. The monoisotopic (exact) mass is 445 g/mol. The molecule has 166 valence electrons. The standard InChI is InChI=1S/C19H35N5O3S2/c1-16(2)27-13-14-29(25,26)24-11-9-23(10-12-24)19(20-4)21-8-6-5-7-18-22-17(3)15-28-18/h15-16H,5-14H2,1-4H3,(H,20,21). The Morgan fingerprint density at radius 2 is 2.03 bits per heavy atom. The predicted molar refractivity (Wildman–Crippen MR) is 119 cm³/mol. The van der Waals surface area contributed by atoms with E-state index in [9.17, 15) is 8.42 Å². The summed E-state index contributed by atoms with van der Waals surface area (Å²) in [7, 11) is -1.50. The van der Waals surface area contributed by atoms with Crippen molar-refractivity contribution in [3.63, 3.8) is 0 Å². The summed E-state index contributed by atoms with van der Waals surface area (Å²) >= 11 is 1.72. The molecule has 1 fully saturated rings. The molecule has 1 aliphatic heterocycles. The van der Waals surface area contributed by atoms with E-state index >= 15 is 0 Å². The Balaban J connectivity index is 1.68. The van der Waals surface area contributed by atoms with Gasteiger partial charge in [-0.1, -0.05) is 0 Å². The summed E-state index contributed by atoms with van der Waals surface area (Å²) in [6.45, 7) is 9.17. The Hall–Kier alpha value is -1.23. The van der Waals surface area contributed by atoms with Crippen LogP contribution in [0.5, 0.6) is 0 Å². The van der Waals surface area contributed by atoms with Gasteiger partial charge in [-0.15, -0.1) is 11.3 Å². The molecule has 2 rings (SSSR count). The molecule has 1 saturated heterocycles. The zero-order chi connectivity index (χ0) is 21.3. The van der Waals surface area contributed by atoms with Crippen LogP contribution < -0.4 is 5.32 Å². The molecule has 0 bridgehead atoms. The highest BCUT2D eigenvalue weighted by molar-refractivity contribution is 7.89. The highest BCUT2D eigenvalue weighted by atomic mass is 32.2. The van der Waals surface area contributed by atoms with E-state index in [2.05, 4.69) is 25.6 Å². The summed E-state index contributed by atoms with van der Waals surface area (Å²) in [4.78, 5) is 11.0. The first-order chi connectivity index (χ1) is 13.8. The predicted octanol–water partition coefficient (Wildman–Crippen LogP) is 1.72. The number of nitrogens with zero attached hydrogens (tertiary/aromatic N) is 4. The number of nitrogens with one attached hydrogen (secondary N) is 1. The molecule has 0 saturated carbocycles. The number of aryl methyl sites for hydroxylation is 2. The normalized spacial score (nSPS) is 16.6. The van der Waals surface area contributed by atoms with Crippen LogP contribution in [0.3, 0.4) is 0 Å². The molecule has 0 unspecified atom stereocenters. The van der Waals surface area contributed by atoms with E-state index in [4.69, 9.17) is 4.74 Å². The topological polar surface area (TPSA) is 87.1 Å². The Morgan fingerprint density at radius 1 is 1.31 bits per heavy atom. The van der Waals surface area contributed by atoms with Crippen LogP contribution in [0.4, 0.5) is 0 Å². The maximum atomic E-state index is 12.5. The second-order valence-corrected chi connectivity index (χ2v) is 10.5. The van der Waals surface area contributed by atoms with E-state index in [1.165, 1.54) is 5.01 Å². The van der Waals surface area contributed by atoms with Crippen LogP contribution in [0.25, 0.3) is 0 Å². The molecule has 1 aliphatic rings. The molecule has 2 heterocycles. The van der Waals surface area contributed by atoms with E-state index in [0.717, 1.165) is 37.5 Å². The molecule has 1 N–H and O–H groups in total. The quantitative estimate of drug-likeness (QED) is 0.335. The zero-order valence-electron chi connectivity index (χ0n) is 18.1. The highest BCUT2D eigenvalue weighted by Gasteiger charge is 2.27. The molecule has 10 heteroatoms. The third kappa shape index (κ3) is 8.19. The summed E-state index contributed by atoms with van der Waals surface area (Å²) in [6.07, 6.45) is 3.18. The lowest BCUT2D eigenvalue weighted by molar-refractivity contribution is 0.0904. The molecule has 0 aliphatic carbocycles. The number of hydrogen-bond acceptors (Lipinski definition) is 6. The molecular weight excluding hydrogens is 410 g/mol. The van der Waals surface area contributed by atoms with Crippen LogP contribution in [0.1, 0.15) is 37.4 Å². The molecule has 0 atom stereocenters. The van der Waals surface area contributed by atoms with Gasteiger partial charge in [0.2, 0.25) is 10.0 Å². The number of hydrogen-bond donors (Lipinski definition) is 1. The van der Waals surface area contributed by atoms with Crippen LogP contribution in [0.2, 0.25) is 0 Å². The second kappa shape index (κ2) is 11.8. The summed E-state index contributed by atoms with van der Waals surface area (Å²) in [5, 5.41) is 6.69. The fourth-order valence-electron chi connectivity index (χ4n) is 3.15. The first-order valence-corrected chi connectivity index (χ1v) is 12.8. The lowest BCUT2D eigenvalue weighted by Gasteiger charge is -2.35. The van der Waals surface area contributed by atoms with Gasteiger partial charge in [0.1, 0.15) is 0 Å². The van der Waals surface area contributed by atoms with Gasteiger partial charge in [-0.05, 0) is 40.0 Å². The van der Waals surface area contributed by atoms with Crippen molar-refractivity contribution in [2.75, 3.05) is 52.1 Å². The van der Waals surface area contributed by atoms with Crippen LogP contribution >= 0.6 is 11.3 Å². The Bertz CT molecular complexity index is 741. The van der Waals surface area contributed by atoms with E-state index in [1.807, 2.05) is 20.8 Å². The van der Waals surface area contributed by atoms with Gasteiger partial charge < -0.3 is 15.0 Å². The third-order valence-electron chi connectivity index (χ3n) is 4.70. The van der Waals surface area contributed by atoms with Crippen LogP contribution in [0, 0.1) is 6.92 Å². The van der Waals surface area contributed by atoms with Gasteiger partial charge in [-0.2, -0.15) is 4.31 Å². The lowest BCUT2D eigenvalue weighted by atomic mass is 10.2. The minimum Gasteiger partial charge on any atom is -0.378 e. The zero-order valence-corrected chi connectivity index (χ0v) is 19.7. The first kappa shape index (κ1) is 24.0. The number of sulfonamides is 1. The molecule has 0 aromatic carbocycles. The number of unbranched alkanes of at least 4 members (excludes halogenated alkanes) is 1. The molecular formula is C19H35N5O3S2. The Morgan fingerprint density at radius 3 is 2.62 bits per heavy atom. The maximum absolute atomic E-state index is 12.5.